The minimum atomic E-state index is -1.16. The van der Waals surface area contributed by atoms with Crippen molar-refractivity contribution in [3.63, 3.8) is 0 Å². The topological polar surface area (TPSA) is 179 Å². The molecule has 0 fully saturated rings. The van der Waals surface area contributed by atoms with E-state index in [0.29, 0.717) is 17.9 Å². The fraction of sp³-hybridized carbons (Fsp3) is 0.667. The highest BCUT2D eigenvalue weighted by molar-refractivity contribution is 7.98. The first-order chi connectivity index (χ1) is 15.5. The van der Waals surface area contributed by atoms with Gasteiger partial charge in [0.15, 0.2) is 0 Å². The van der Waals surface area contributed by atoms with Gasteiger partial charge in [0, 0.05) is 18.3 Å². The molecule has 4 unspecified atom stereocenters. The number of carboxylic acid groups (broad SMARTS) is 1. The van der Waals surface area contributed by atoms with Crippen LogP contribution in [0.3, 0.4) is 0 Å². The number of aromatic nitrogens is 2. The quantitative estimate of drug-likeness (QED) is 0.211. The van der Waals surface area contributed by atoms with Gasteiger partial charge >= 0.3 is 5.97 Å². The number of rotatable bonds is 14. The lowest BCUT2D eigenvalue weighted by Crippen LogP contribution is -2.59. The largest absolute Gasteiger partial charge is 0.480 e. The maximum atomic E-state index is 13.1. The van der Waals surface area contributed by atoms with E-state index in [1.807, 2.05) is 6.26 Å². The van der Waals surface area contributed by atoms with Gasteiger partial charge in [-0.15, -0.1) is 0 Å². The van der Waals surface area contributed by atoms with Crippen LogP contribution in [0.1, 0.15) is 39.8 Å². The number of aromatic amines is 1. The zero-order valence-corrected chi connectivity index (χ0v) is 20.6. The molecule has 0 spiro atoms. The first-order valence-corrected chi connectivity index (χ1v) is 12.2. The summed E-state index contributed by atoms with van der Waals surface area (Å²) in [7, 11) is 0. The van der Waals surface area contributed by atoms with Gasteiger partial charge in [-0.3, -0.25) is 14.4 Å². The minimum Gasteiger partial charge on any atom is -0.480 e. The first kappa shape index (κ1) is 28.4. The second-order valence-electron chi connectivity index (χ2n) is 8.53. The Labute approximate surface area is 198 Å². The fourth-order valence-corrected chi connectivity index (χ4v) is 3.52. The van der Waals surface area contributed by atoms with Gasteiger partial charge in [0.2, 0.25) is 17.7 Å². The van der Waals surface area contributed by atoms with Crippen molar-refractivity contribution in [2.75, 3.05) is 12.0 Å². The molecule has 1 rings (SSSR count). The van der Waals surface area contributed by atoms with Gasteiger partial charge in [0.25, 0.3) is 0 Å². The second kappa shape index (κ2) is 13.8. The van der Waals surface area contributed by atoms with Crippen LogP contribution in [-0.2, 0) is 25.6 Å². The number of hydrogen-bond acceptors (Lipinski definition) is 7. The smallest absolute Gasteiger partial charge is 0.326 e. The average Bonchev–Trinajstić information content (AvgIpc) is 3.25. The molecule has 0 saturated carbocycles. The molecule has 0 aliphatic heterocycles. The van der Waals surface area contributed by atoms with Crippen molar-refractivity contribution < 1.29 is 24.3 Å². The summed E-state index contributed by atoms with van der Waals surface area (Å²) in [6.07, 6.45) is 5.47. The number of thioether (sulfide) groups is 1. The molecule has 0 aromatic carbocycles. The van der Waals surface area contributed by atoms with E-state index in [4.69, 9.17) is 5.73 Å². The van der Waals surface area contributed by atoms with Crippen molar-refractivity contribution in [3.05, 3.63) is 18.2 Å². The summed E-state index contributed by atoms with van der Waals surface area (Å²) in [5, 5.41) is 17.2. The van der Waals surface area contributed by atoms with Gasteiger partial charge < -0.3 is 31.8 Å². The predicted octanol–water partition coefficient (Wildman–Crippen LogP) is -0.116. The highest BCUT2D eigenvalue weighted by Crippen LogP contribution is 2.08. The molecule has 12 heteroatoms. The Morgan fingerprint density at radius 3 is 2.12 bits per heavy atom. The van der Waals surface area contributed by atoms with Crippen molar-refractivity contribution in [1.82, 2.24) is 25.9 Å². The second-order valence-corrected chi connectivity index (χ2v) is 9.51. The Kier molecular flexibility index (Phi) is 11.9. The molecule has 1 heterocycles. The number of carboxylic acids is 1. The van der Waals surface area contributed by atoms with Gasteiger partial charge in [-0.2, -0.15) is 11.8 Å². The van der Waals surface area contributed by atoms with E-state index < -0.39 is 47.9 Å². The van der Waals surface area contributed by atoms with Crippen molar-refractivity contribution in [2.24, 2.45) is 17.6 Å². The van der Waals surface area contributed by atoms with Crippen LogP contribution in [0.15, 0.2) is 12.5 Å². The number of imidazole rings is 1. The number of carbonyl (C=O) groups excluding carboxylic acids is 3. The van der Waals surface area contributed by atoms with E-state index >= 15 is 0 Å². The van der Waals surface area contributed by atoms with Crippen molar-refractivity contribution in [3.8, 4) is 0 Å². The molecule has 1 aromatic heterocycles. The van der Waals surface area contributed by atoms with Gasteiger partial charge in [0.1, 0.15) is 18.1 Å². The summed E-state index contributed by atoms with van der Waals surface area (Å²) in [5.74, 6) is -2.80. The Morgan fingerprint density at radius 2 is 1.64 bits per heavy atom. The van der Waals surface area contributed by atoms with Crippen LogP contribution in [0.4, 0.5) is 0 Å². The summed E-state index contributed by atoms with van der Waals surface area (Å²) in [6.45, 7) is 6.82. The number of nitrogens with zero attached hydrogens (tertiary/aromatic N) is 1. The molecule has 4 atom stereocenters. The third-order valence-electron chi connectivity index (χ3n) is 5.06. The molecule has 0 aliphatic rings. The van der Waals surface area contributed by atoms with Gasteiger partial charge in [-0.25, -0.2) is 9.78 Å². The molecule has 3 amide bonds. The zero-order valence-electron chi connectivity index (χ0n) is 19.8. The van der Waals surface area contributed by atoms with Crippen LogP contribution >= 0.6 is 11.8 Å². The molecule has 0 saturated heterocycles. The molecule has 186 valence electrons. The molecule has 11 nitrogen and oxygen atoms in total. The Bertz CT molecular complexity index is 786. The lowest BCUT2D eigenvalue weighted by molar-refractivity contribution is -0.143. The number of hydrogen-bond donors (Lipinski definition) is 6. The summed E-state index contributed by atoms with van der Waals surface area (Å²) >= 11 is 1.56. The first-order valence-electron chi connectivity index (χ1n) is 10.8. The van der Waals surface area contributed by atoms with Crippen LogP contribution in [-0.4, -0.2) is 74.9 Å². The van der Waals surface area contributed by atoms with Crippen molar-refractivity contribution >= 4 is 35.5 Å². The number of nitrogens with one attached hydrogen (secondary N) is 4. The molecule has 7 N–H and O–H groups in total. The van der Waals surface area contributed by atoms with Crippen LogP contribution in [0.25, 0.3) is 0 Å². The van der Waals surface area contributed by atoms with Gasteiger partial charge in [-0.1, -0.05) is 27.7 Å². The van der Waals surface area contributed by atoms with E-state index in [2.05, 4.69) is 25.9 Å². The number of carbonyl (C=O) groups is 4. The molecule has 33 heavy (non-hydrogen) atoms. The van der Waals surface area contributed by atoms with Crippen molar-refractivity contribution in [1.29, 1.82) is 0 Å². The lowest BCUT2D eigenvalue weighted by atomic mass is 9.99. The highest BCUT2D eigenvalue weighted by atomic mass is 32.2. The molecule has 0 aliphatic carbocycles. The third kappa shape index (κ3) is 9.42. The van der Waals surface area contributed by atoms with Crippen LogP contribution in [0.2, 0.25) is 0 Å². The summed E-state index contributed by atoms with van der Waals surface area (Å²) < 4.78 is 0. The summed E-state index contributed by atoms with van der Waals surface area (Å²) in [4.78, 5) is 56.7. The lowest BCUT2D eigenvalue weighted by Gasteiger charge is -2.27. The number of nitrogens with two attached hydrogens (primary N) is 1. The average molecular weight is 485 g/mol. The molecular weight excluding hydrogens is 448 g/mol. The highest BCUT2D eigenvalue weighted by Gasteiger charge is 2.33. The molecule has 0 radical (unpaired) electrons. The fourth-order valence-electron chi connectivity index (χ4n) is 3.03. The Hall–Kier alpha value is -2.60. The van der Waals surface area contributed by atoms with E-state index in [1.165, 1.54) is 12.5 Å². The maximum Gasteiger partial charge on any atom is 0.326 e. The SMILES string of the molecule is CSCCC(N)C(=O)NC(Cc1cnc[nH]1)C(=O)NC(C(=O)NC(C(=O)O)C(C)C)C(C)C. The van der Waals surface area contributed by atoms with Gasteiger partial charge in [-0.05, 0) is 30.3 Å². The normalized spacial score (nSPS) is 14.9. The molecular formula is C21H36N6O5S. The van der Waals surface area contributed by atoms with E-state index in [1.54, 1.807) is 39.5 Å². The number of aliphatic carboxylic acids is 1. The number of amides is 3. The maximum absolute atomic E-state index is 13.1. The van der Waals surface area contributed by atoms with E-state index in [0.717, 1.165) is 0 Å². The van der Waals surface area contributed by atoms with Gasteiger partial charge in [0.05, 0.1) is 12.4 Å². The van der Waals surface area contributed by atoms with Crippen LogP contribution < -0.4 is 21.7 Å². The van der Waals surface area contributed by atoms with E-state index in [9.17, 15) is 24.3 Å². The Balaban J connectivity index is 2.99. The van der Waals surface area contributed by atoms with E-state index in [-0.39, 0.29) is 18.3 Å². The summed E-state index contributed by atoms with van der Waals surface area (Å²) in [6, 6.07) is -3.87. The Morgan fingerprint density at radius 1 is 1.03 bits per heavy atom. The van der Waals surface area contributed by atoms with Crippen LogP contribution in [0.5, 0.6) is 0 Å². The third-order valence-corrected chi connectivity index (χ3v) is 5.70. The predicted molar refractivity (Wildman–Crippen MR) is 126 cm³/mol. The molecule has 0 bridgehead atoms. The van der Waals surface area contributed by atoms with Crippen LogP contribution in [0, 0.1) is 11.8 Å². The summed E-state index contributed by atoms with van der Waals surface area (Å²) in [5.41, 5.74) is 6.55. The standard InChI is InChI=1S/C21H36N6O5S/c1-11(2)16(20(30)27-17(12(3)4)21(31)32)26-19(29)15(8-13-9-23-10-24-13)25-18(28)14(22)6-7-33-5/h9-12,14-17H,6-8,22H2,1-5H3,(H,23,24)(H,25,28)(H,26,29)(H,27,30)(H,31,32). The molecule has 1 aromatic rings. The zero-order chi connectivity index (χ0) is 25.1. The number of H-pyrrole nitrogens is 1. The monoisotopic (exact) mass is 484 g/mol. The minimum absolute atomic E-state index is 0.114. The van der Waals surface area contributed by atoms with Crippen molar-refractivity contribution in [2.45, 2.75) is 64.7 Å².